The SMILES string of the molecule is CCOC(=O)c1cc2c(Br)cnc(OC)c2n1Cc1ccccc1. The van der Waals surface area contributed by atoms with Crippen molar-refractivity contribution >= 4 is 32.8 Å². The summed E-state index contributed by atoms with van der Waals surface area (Å²) >= 11 is 3.50. The summed E-state index contributed by atoms with van der Waals surface area (Å²) in [4.78, 5) is 16.7. The highest BCUT2D eigenvalue weighted by atomic mass is 79.9. The first kappa shape index (κ1) is 16.5. The van der Waals surface area contributed by atoms with Crippen LogP contribution in [0.15, 0.2) is 47.1 Å². The number of halogens is 1. The molecule has 0 aliphatic heterocycles. The summed E-state index contributed by atoms with van der Waals surface area (Å²) in [5.41, 5.74) is 2.31. The van der Waals surface area contributed by atoms with Crippen LogP contribution in [0.3, 0.4) is 0 Å². The molecule has 24 heavy (non-hydrogen) atoms. The van der Waals surface area contributed by atoms with Gasteiger partial charge in [-0.1, -0.05) is 30.3 Å². The zero-order chi connectivity index (χ0) is 17.1. The topological polar surface area (TPSA) is 53.4 Å². The molecule has 0 N–H and O–H groups in total. The van der Waals surface area contributed by atoms with Crippen LogP contribution in [-0.2, 0) is 11.3 Å². The Labute approximate surface area is 148 Å². The molecule has 2 aromatic heterocycles. The minimum absolute atomic E-state index is 0.322. The molecule has 6 heteroatoms. The molecule has 0 aliphatic carbocycles. The third-order valence-corrected chi connectivity index (χ3v) is 4.35. The fourth-order valence-electron chi connectivity index (χ4n) is 2.66. The summed E-state index contributed by atoms with van der Waals surface area (Å²) in [7, 11) is 1.57. The number of pyridine rings is 1. The fraction of sp³-hybridized carbons (Fsp3) is 0.222. The molecular weight excluding hydrogens is 372 g/mol. The van der Waals surface area contributed by atoms with Crippen LogP contribution in [0.4, 0.5) is 0 Å². The predicted octanol–water partition coefficient (Wildman–Crippen LogP) is 4.03. The molecule has 0 amide bonds. The first-order chi connectivity index (χ1) is 11.7. The van der Waals surface area contributed by atoms with Gasteiger partial charge in [-0.2, -0.15) is 0 Å². The van der Waals surface area contributed by atoms with Crippen molar-refractivity contribution in [2.75, 3.05) is 13.7 Å². The average molecular weight is 389 g/mol. The Morgan fingerprint density at radius 1 is 1.29 bits per heavy atom. The smallest absolute Gasteiger partial charge is 0.354 e. The van der Waals surface area contributed by atoms with Gasteiger partial charge in [0.15, 0.2) is 0 Å². The molecule has 0 saturated carbocycles. The van der Waals surface area contributed by atoms with E-state index in [2.05, 4.69) is 20.9 Å². The van der Waals surface area contributed by atoms with Crippen LogP contribution in [0.5, 0.6) is 5.88 Å². The van der Waals surface area contributed by atoms with E-state index in [1.54, 1.807) is 20.2 Å². The number of ether oxygens (including phenoxy) is 2. The van der Waals surface area contributed by atoms with Crippen molar-refractivity contribution in [2.24, 2.45) is 0 Å². The van der Waals surface area contributed by atoms with Crippen molar-refractivity contribution in [2.45, 2.75) is 13.5 Å². The van der Waals surface area contributed by atoms with Crippen molar-refractivity contribution < 1.29 is 14.3 Å². The molecule has 0 saturated heterocycles. The predicted molar refractivity (Wildman–Crippen MR) is 95.5 cm³/mol. The second kappa shape index (κ2) is 7.05. The summed E-state index contributed by atoms with van der Waals surface area (Å²) in [6, 6.07) is 11.7. The summed E-state index contributed by atoms with van der Waals surface area (Å²) in [5, 5.41) is 0.862. The molecule has 2 heterocycles. The van der Waals surface area contributed by atoms with Gasteiger partial charge < -0.3 is 14.0 Å². The zero-order valence-corrected chi connectivity index (χ0v) is 15.0. The number of rotatable bonds is 5. The van der Waals surface area contributed by atoms with Crippen LogP contribution in [0.1, 0.15) is 23.0 Å². The molecule has 124 valence electrons. The van der Waals surface area contributed by atoms with Crippen LogP contribution in [0.2, 0.25) is 0 Å². The third kappa shape index (κ3) is 3.01. The van der Waals surface area contributed by atoms with Crippen molar-refractivity contribution in [3.8, 4) is 5.88 Å². The Balaban J connectivity index is 2.23. The molecule has 5 nitrogen and oxygen atoms in total. The zero-order valence-electron chi connectivity index (χ0n) is 13.5. The third-order valence-electron chi connectivity index (χ3n) is 3.71. The summed E-state index contributed by atoms with van der Waals surface area (Å²) < 4.78 is 13.3. The second-order valence-electron chi connectivity index (χ2n) is 5.20. The van der Waals surface area contributed by atoms with E-state index in [9.17, 15) is 4.79 Å². The van der Waals surface area contributed by atoms with Gasteiger partial charge in [0.2, 0.25) is 5.88 Å². The van der Waals surface area contributed by atoms with E-state index >= 15 is 0 Å². The van der Waals surface area contributed by atoms with Gasteiger partial charge in [-0.3, -0.25) is 0 Å². The quantitative estimate of drug-likeness (QED) is 0.619. The lowest BCUT2D eigenvalue weighted by Crippen LogP contribution is -2.13. The van der Waals surface area contributed by atoms with Gasteiger partial charge in [-0.15, -0.1) is 0 Å². The average Bonchev–Trinajstić information content (AvgIpc) is 2.97. The van der Waals surface area contributed by atoms with Crippen LogP contribution >= 0.6 is 15.9 Å². The Bertz CT molecular complexity index is 875. The molecule has 0 unspecified atom stereocenters. The molecule has 3 aromatic rings. The number of esters is 1. The monoisotopic (exact) mass is 388 g/mol. The number of carbonyl (C=O) groups excluding carboxylic acids is 1. The van der Waals surface area contributed by atoms with E-state index in [4.69, 9.17) is 9.47 Å². The number of carbonyl (C=O) groups is 1. The summed E-state index contributed by atoms with van der Waals surface area (Å²) in [5.74, 6) is 0.110. The van der Waals surface area contributed by atoms with Crippen LogP contribution in [0.25, 0.3) is 10.9 Å². The second-order valence-corrected chi connectivity index (χ2v) is 6.05. The number of fused-ring (bicyclic) bond motifs is 1. The molecule has 0 aliphatic rings. The Morgan fingerprint density at radius 3 is 2.71 bits per heavy atom. The standard InChI is InChI=1S/C18H17BrN2O3/c1-3-24-18(22)15-9-13-14(19)10-20-17(23-2)16(13)21(15)11-12-7-5-4-6-8-12/h4-10H,3,11H2,1-2H3. The van der Waals surface area contributed by atoms with Crippen molar-refractivity contribution in [3.05, 3.63) is 58.3 Å². The Kier molecular flexibility index (Phi) is 4.85. The maximum atomic E-state index is 12.4. The van der Waals surface area contributed by atoms with Gasteiger partial charge in [0, 0.05) is 22.6 Å². The maximum absolute atomic E-state index is 12.4. The van der Waals surface area contributed by atoms with Crippen molar-refractivity contribution in [3.63, 3.8) is 0 Å². The molecule has 0 atom stereocenters. The number of aromatic nitrogens is 2. The van der Waals surface area contributed by atoms with Gasteiger partial charge in [0.25, 0.3) is 0 Å². The highest BCUT2D eigenvalue weighted by Crippen LogP contribution is 2.33. The molecule has 0 spiro atoms. The molecule has 0 radical (unpaired) electrons. The van der Waals surface area contributed by atoms with E-state index in [1.807, 2.05) is 41.0 Å². The normalized spacial score (nSPS) is 10.8. The van der Waals surface area contributed by atoms with E-state index in [-0.39, 0.29) is 5.97 Å². The van der Waals surface area contributed by atoms with Crippen LogP contribution in [-0.4, -0.2) is 29.2 Å². The van der Waals surface area contributed by atoms with Gasteiger partial charge in [0.1, 0.15) is 11.2 Å². The number of methoxy groups -OCH3 is 1. The highest BCUT2D eigenvalue weighted by Gasteiger charge is 2.21. The number of hydrogen-bond acceptors (Lipinski definition) is 4. The lowest BCUT2D eigenvalue weighted by atomic mass is 10.2. The number of nitrogens with zero attached hydrogens (tertiary/aromatic N) is 2. The molecule has 0 bridgehead atoms. The Morgan fingerprint density at radius 2 is 2.04 bits per heavy atom. The first-order valence-electron chi connectivity index (χ1n) is 7.58. The van der Waals surface area contributed by atoms with Crippen LogP contribution in [0, 0.1) is 0 Å². The highest BCUT2D eigenvalue weighted by molar-refractivity contribution is 9.10. The summed E-state index contributed by atoms with van der Waals surface area (Å²) in [6.45, 7) is 2.63. The molecule has 3 rings (SSSR count). The van der Waals surface area contributed by atoms with Crippen molar-refractivity contribution in [1.29, 1.82) is 0 Å². The minimum Gasteiger partial charge on any atom is -0.479 e. The molecule has 1 aromatic carbocycles. The summed E-state index contributed by atoms with van der Waals surface area (Å²) in [6.07, 6.45) is 1.67. The van der Waals surface area contributed by atoms with E-state index < -0.39 is 0 Å². The Hall–Kier alpha value is -2.34. The van der Waals surface area contributed by atoms with E-state index in [0.717, 1.165) is 20.9 Å². The largest absolute Gasteiger partial charge is 0.479 e. The first-order valence-corrected chi connectivity index (χ1v) is 8.37. The van der Waals surface area contributed by atoms with Gasteiger partial charge in [0.05, 0.1) is 13.7 Å². The molecule has 0 fully saturated rings. The molecular formula is C18H17BrN2O3. The van der Waals surface area contributed by atoms with Gasteiger partial charge in [-0.05, 0) is 34.5 Å². The maximum Gasteiger partial charge on any atom is 0.354 e. The van der Waals surface area contributed by atoms with Gasteiger partial charge >= 0.3 is 5.97 Å². The van der Waals surface area contributed by atoms with Gasteiger partial charge in [-0.25, -0.2) is 9.78 Å². The number of hydrogen-bond donors (Lipinski definition) is 0. The fourth-order valence-corrected chi connectivity index (χ4v) is 3.07. The van der Waals surface area contributed by atoms with E-state index in [1.165, 1.54) is 0 Å². The van der Waals surface area contributed by atoms with Crippen LogP contribution < -0.4 is 4.74 Å². The van der Waals surface area contributed by atoms with Crippen molar-refractivity contribution in [1.82, 2.24) is 9.55 Å². The lowest BCUT2D eigenvalue weighted by Gasteiger charge is -2.12. The number of benzene rings is 1. The lowest BCUT2D eigenvalue weighted by molar-refractivity contribution is 0.0515. The minimum atomic E-state index is -0.362. The van der Waals surface area contributed by atoms with E-state index in [0.29, 0.717) is 24.7 Å².